The topological polar surface area (TPSA) is 105 Å². The zero-order valence-corrected chi connectivity index (χ0v) is 24.0. The highest BCUT2D eigenvalue weighted by Gasteiger charge is 2.20. The summed E-state index contributed by atoms with van der Waals surface area (Å²) >= 11 is 9.92. The number of hydrogen-bond acceptors (Lipinski definition) is 8. The van der Waals surface area contributed by atoms with E-state index in [0.29, 0.717) is 38.0 Å². The number of rotatable bonds is 8. The van der Waals surface area contributed by atoms with E-state index in [1.807, 2.05) is 12.1 Å². The van der Waals surface area contributed by atoms with Crippen molar-refractivity contribution in [1.82, 2.24) is 9.66 Å². The number of carbonyl (C=O) groups excluding carboxylic acids is 1. The van der Waals surface area contributed by atoms with Crippen LogP contribution in [0.4, 0.5) is 0 Å². The number of furan rings is 1. The van der Waals surface area contributed by atoms with Gasteiger partial charge in [-0.05, 0) is 77.8 Å². The second-order valence-electron chi connectivity index (χ2n) is 8.62. The second kappa shape index (κ2) is 11.5. The van der Waals surface area contributed by atoms with Crippen LogP contribution in [0.15, 0.2) is 79.4 Å². The van der Waals surface area contributed by atoms with E-state index in [0.717, 1.165) is 5.39 Å². The molecule has 11 heteroatoms. The highest BCUT2D eigenvalue weighted by molar-refractivity contribution is 9.10. The van der Waals surface area contributed by atoms with E-state index in [4.69, 9.17) is 35.2 Å². The quantitative estimate of drug-likeness (QED) is 0.144. The van der Waals surface area contributed by atoms with Gasteiger partial charge in [0.25, 0.3) is 5.56 Å². The summed E-state index contributed by atoms with van der Waals surface area (Å²) in [6.07, 6.45) is 0.611. The molecule has 0 N–H and O–H groups in total. The molecule has 0 unspecified atom stereocenters. The molecule has 0 spiro atoms. The number of aromatic nitrogens is 2. The first kappa shape index (κ1) is 27.4. The van der Waals surface area contributed by atoms with Crippen molar-refractivity contribution in [3.8, 4) is 23.1 Å². The van der Waals surface area contributed by atoms with Crippen LogP contribution in [-0.2, 0) is 9.53 Å². The van der Waals surface area contributed by atoms with Gasteiger partial charge in [-0.3, -0.25) is 4.79 Å². The van der Waals surface area contributed by atoms with E-state index in [-0.39, 0.29) is 28.8 Å². The van der Waals surface area contributed by atoms with E-state index < -0.39 is 12.1 Å². The van der Waals surface area contributed by atoms with Gasteiger partial charge < -0.3 is 18.6 Å². The molecule has 204 valence electrons. The van der Waals surface area contributed by atoms with Crippen LogP contribution in [0.3, 0.4) is 0 Å². The summed E-state index contributed by atoms with van der Waals surface area (Å²) in [7, 11) is 1.58. The Morgan fingerprint density at radius 1 is 1.18 bits per heavy atom. The molecule has 0 aliphatic heterocycles. The standard InChI is InChI=1S/C29H23BrClN3O6/c1-4-38-29(36)16(2)39-26-20(30)12-17(13-21(26)31)15-32-34-27(33-22-9-6-5-8-18(22)28(34)35)25-14-19-23(37-3)10-7-11-24(19)40-25/h5-16H,4H2,1-3H3/t16-/m0/s1. The van der Waals surface area contributed by atoms with Gasteiger partial charge in [-0.15, -0.1) is 0 Å². The number of benzene rings is 3. The highest BCUT2D eigenvalue weighted by atomic mass is 79.9. The number of hydrogen-bond donors (Lipinski definition) is 0. The maximum atomic E-state index is 13.6. The fourth-order valence-corrected chi connectivity index (χ4v) is 5.05. The Kier molecular flexibility index (Phi) is 7.90. The number of halogens is 2. The van der Waals surface area contributed by atoms with Gasteiger partial charge in [0, 0.05) is 0 Å². The molecule has 2 heterocycles. The lowest BCUT2D eigenvalue weighted by Gasteiger charge is -2.16. The molecule has 3 aromatic carbocycles. The molecule has 0 fully saturated rings. The van der Waals surface area contributed by atoms with E-state index in [1.165, 1.54) is 10.9 Å². The van der Waals surface area contributed by atoms with Gasteiger partial charge in [0.2, 0.25) is 5.82 Å². The van der Waals surface area contributed by atoms with Gasteiger partial charge in [-0.1, -0.05) is 29.8 Å². The predicted octanol–water partition coefficient (Wildman–Crippen LogP) is 6.45. The summed E-state index contributed by atoms with van der Waals surface area (Å²) in [5, 5.41) is 5.84. The number of methoxy groups -OCH3 is 1. The summed E-state index contributed by atoms with van der Waals surface area (Å²) in [4.78, 5) is 30.2. The first-order valence-electron chi connectivity index (χ1n) is 12.3. The van der Waals surface area contributed by atoms with Crippen molar-refractivity contribution in [2.24, 2.45) is 5.10 Å². The Labute approximate surface area is 242 Å². The third-order valence-electron chi connectivity index (χ3n) is 5.97. The Hall–Kier alpha value is -4.15. The number of esters is 1. The maximum absolute atomic E-state index is 13.6. The number of ether oxygens (including phenoxy) is 3. The average Bonchev–Trinajstić information content (AvgIpc) is 3.39. The van der Waals surface area contributed by atoms with Gasteiger partial charge >= 0.3 is 5.97 Å². The van der Waals surface area contributed by atoms with E-state index in [1.54, 1.807) is 69.5 Å². The summed E-state index contributed by atoms with van der Waals surface area (Å²) in [6, 6.07) is 17.5. The van der Waals surface area contributed by atoms with Crippen molar-refractivity contribution in [2.75, 3.05) is 13.7 Å². The monoisotopic (exact) mass is 623 g/mol. The van der Waals surface area contributed by atoms with Crippen LogP contribution in [0.1, 0.15) is 19.4 Å². The summed E-state index contributed by atoms with van der Waals surface area (Å²) in [6.45, 7) is 3.53. The molecule has 40 heavy (non-hydrogen) atoms. The first-order chi connectivity index (χ1) is 19.3. The lowest BCUT2D eigenvalue weighted by Crippen LogP contribution is -2.26. The fourth-order valence-electron chi connectivity index (χ4n) is 4.09. The van der Waals surface area contributed by atoms with E-state index in [2.05, 4.69) is 21.0 Å². The minimum atomic E-state index is -0.861. The summed E-state index contributed by atoms with van der Waals surface area (Å²) in [5.41, 5.74) is 1.27. The van der Waals surface area contributed by atoms with Crippen molar-refractivity contribution in [1.29, 1.82) is 0 Å². The van der Waals surface area contributed by atoms with Crippen molar-refractivity contribution < 1.29 is 23.4 Å². The second-order valence-corrected chi connectivity index (χ2v) is 9.88. The lowest BCUT2D eigenvalue weighted by atomic mass is 10.2. The van der Waals surface area contributed by atoms with Gasteiger partial charge in [-0.25, -0.2) is 9.78 Å². The van der Waals surface area contributed by atoms with Crippen molar-refractivity contribution >= 4 is 61.6 Å². The van der Waals surface area contributed by atoms with Crippen LogP contribution in [0, 0.1) is 0 Å². The van der Waals surface area contributed by atoms with Gasteiger partial charge in [0.1, 0.15) is 11.3 Å². The number of para-hydroxylation sites is 1. The molecule has 0 aliphatic carbocycles. The molecule has 5 aromatic rings. The molecule has 2 aromatic heterocycles. The fraction of sp³-hybridized carbons (Fsp3) is 0.172. The molecule has 1 atom stereocenters. The zero-order chi connectivity index (χ0) is 28.4. The smallest absolute Gasteiger partial charge is 0.347 e. The number of fused-ring (bicyclic) bond motifs is 2. The Morgan fingerprint density at radius 3 is 2.73 bits per heavy atom. The van der Waals surface area contributed by atoms with Crippen molar-refractivity contribution in [3.63, 3.8) is 0 Å². The molecule has 0 radical (unpaired) electrons. The predicted molar refractivity (Wildman–Crippen MR) is 157 cm³/mol. The molecule has 5 rings (SSSR count). The maximum Gasteiger partial charge on any atom is 0.347 e. The van der Waals surface area contributed by atoms with Crippen LogP contribution in [-0.4, -0.2) is 41.7 Å². The Bertz CT molecular complexity index is 1810. The zero-order valence-electron chi connectivity index (χ0n) is 21.7. The van der Waals surface area contributed by atoms with Crippen molar-refractivity contribution in [3.05, 3.63) is 86.1 Å². The van der Waals surface area contributed by atoms with E-state index in [9.17, 15) is 9.59 Å². The molecule has 0 saturated carbocycles. The summed E-state index contributed by atoms with van der Waals surface area (Å²) in [5.74, 6) is 0.961. The van der Waals surface area contributed by atoms with Crippen LogP contribution in [0.5, 0.6) is 11.5 Å². The van der Waals surface area contributed by atoms with Crippen LogP contribution in [0.25, 0.3) is 33.5 Å². The minimum absolute atomic E-state index is 0.214. The molecule has 0 aliphatic rings. The number of carbonyl (C=O) groups is 1. The largest absolute Gasteiger partial charge is 0.496 e. The van der Waals surface area contributed by atoms with Crippen molar-refractivity contribution in [2.45, 2.75) is 20.0 Å². The highest BCUT2D eigenvalue weighted by Crippen LogP contribution is 2.35. The normalized spacial score (nSPS) is 12.2. The average molecular weight is 625 g/mol. The van der Waals surface area contributed by atoms with E-state index >= 15 is 0 Å². The Balaban J connectivity index is 1.57. The molecule has 0 bridgehead atoms. The molecule has 0 amide bonds. The van der Waals surface area contributed by atoms with Gasteiger partial charge in [0.05, 0.1) is 45.7 Å². The molecule has 9 nitrogen and oxygen atoms in total. The Morgan fingerprint density at radius 2 is 1.98 bits per heavy atom. The van der Waals surface area contributed by atoms with Crippen LogP contribution >= 0.6 is 27.5 Å². The first-order valence-corrected chi connectivity index (χ1v) is 13.4. The number of nitrogens with zero attached hydrogens (tertiary/aromatic N) is 3. The molecular weight excluding hydrogens is 602 g/mol. The van der Waals surface area contributed by atoms with Gasteiger partial charge in [0.15, 0.2) is 17.6 Å². The van der Waals surface area contributed by atoms with Crippen LogP contribution in [0.2, 0.25) is 5.02 Å². The molecule has 0 saturated heterocycles. The van der Waals surface area contributed by atoms with Crippen LogP contribution < -0.4 is 15.0 Å². The SMILES string of the molecule is CCOC(=O)[C@H](C)Oc1c(Cl)cc(C=Nn2c(-c3cc4c(OC)cccc4o3)nc3ccccc3c2=O)cc1Br. The third-order valence-corrected chi connectivity index (χ3v) is 6.84. The summed E-state index contributed by atoms with van der Waals surface area (Å²) < 4.78 is 23.9. The van der Waals surface area contributed by atoms with Gasteiger partial charge in [-0.2, -0.15) is 9.78 Å². The molecular formula is C29H23BrClN3O6. The minimum Gasteiger partial charge on any atom is -0.496 e. The lowest BCUT2D eigenvalue weighted by molar-refractivity contribution is -0.150. The third kappa shape index (κ3) is 5.32.